The van der Waals surface area contributed by atoms with Gasteiger partial charge in [0.25, 0.3) is 0 Å². The number of nitrogens with zero attached hydrogens (tertiary/aromatic N) is 6. The summed E-state index contributed by atoms with van der Waals surface area (Å²) in [4.78, 5) is 24.4. The number of nitrogens with one attached hydrogen (secondary N) is 1. The second-order valence-electron chi connectivity index (χ2n) is 8.41. The lowest BCUT2D eigenvalue weighted by Gasteiger charge is -2.28. The SMILES string of the molecule is Nc1ncc(-c2nc(N3CCOCC3)c3nc(-c4cccc(CCCN[SH](=O)=O)c4F)ccc3n2)cn1. The molecule has 1 aliphatic rings. The lowest BCUT2D eigenvalue weighted by Crippen LogP contribution is -2.37. The maximum atomic E-state index is 15.5. The number of benzene rings is 1. The first-order valence-electron chi connectivity index (χ1n) is 11.7. The number of nitrogens with two attached hydrogens (primary N) is 1. The second-order valence-corrected chi connectivity index (χ2v) is 9.24. The molecule has 192 valence electrons. The molecule has 0 saturated carbocycles. The van der Waals surface area contributed by atoms with Crippen LogP contribution in [0.1, 0.15) is 12.0 Å². The third-order valence-corrected chi connectivity index (χ3v) is 6.46. The van der Waals surface area contributed by atoms with Crippen molar-refractivity contribution in [1.82, 2.24) is 29.6 Å². The summed E-state index contributed by atoms with van der Waals surface area (Å²) in [6, 6.07) is 8.67. The van der Waals surface area contributed by atoms with Crippen molar-refractivity contribution >= 4 is 33.7 Å². The minimum absolute atomic E-state index is 0.158. The van der Waals surface area contributed by atoms with E-state index in [0.29, 0.717) is 84.2 Å². The normalized spacial score (nSPS) is 13.9. The second kappa shape index (κ2) is 11.1. The number of rotatable bonds is 8. The number of aryl methyl sites for hydroxylation is 1. The van der Waals surface area contributed by atoms with E-state index in [2.05, 4.69) is 24.6 Å². The molecule has 3 aromatic heterocycles. The average molecular weight is 525 g/mol. The summed E-state index contributed by atoms with van der Waals surface area (Å²) in [6.45, 7) is 2.61. The number of pyridine rings is 1. The van der Waals surface area contributed by atoms with Crippen molar-refractivity contribution < 1.29 is 17.5 Å². The molecular weight excluding hydrogens is 499 g/mol. The van der Waals surface area contributed by atoms with E-state index >= 15 is 4.39 Å². The third-order valence-electron chi connectivity index (χ3n) is 5.98. The van der Waals surface area contributed by atoms with E-state index in [1.807, 2.05) is 0 Å². The molecule has 0 atom stereocenters. The molecule has 0 aliphatic carbocycles. The van der Waals surface area contributed by atoms with Gasteiger partial charge in [-0.3, -0.25) is 0 Å². The van der Waals surface area contributed by atoms with Gasteiger partial charge in [0.1, 0.15) is 11.3 Å². The third kappa shape index (κ3) is 5.63. The summed E-state index contributed by atoms with van der Waals surface area (Å²) >= 11 is 0. The van der Waals surface area contributed by atoms with Gasteiger partial charge in [0.2, 0.25) is 16.8 Å². The van der Waals surface area contributed by atoms with Crippen LogP contribution in [-0.4, -0.2) is 66.2 Å². The van der Waals surface area contributed by atoms with Crippen molar-refractivity contribution in [3.05, 3.63) is 54.1 Å². The van der Waals surface area contributed by atoms with E-state index < -0.39 is 10.9 Å². The largest absolute Gasteiger partial charge is 0.378 e. The maximum Gasteiger partial charge on any atom is 0.219 e. The monoisotopic (exact) mass is 524 g/mol. The molecule has 1 aliphatic heterocycles. The zero-order chi connectivity index (χ0) is 25.8. The number of halogens is 1. The van der Waals surface area contributed by atoms with Gasteiger partial charge in [-0.25, -0.2) is 42.5 Å². The van der Waals surface area contributed by atoms with Crippen LogP contribution in [-0.2, 0) is 22.0 Å². The highest BCUT2D eigenvalue weighted by atomic mass is 32.2. The number of nitrogen functional groups attached to an aromatic ring is 1. The van der Waals surface area contributed by atoms with Crippen LogP contribution in [0.4, 0.5) is 16.2 Å². The Labute approximate surface area is 214 Å². The van der Waals surface area contributed by atoms with E-state index in [4.69, 9.17) is 20.4 Å². The molecular formula is C24H25FN8O3S. The average Bonchev–Trinajstić information content (AvgIpc) is 2.92. The van der Waals surface area contributed by atoms with Crippen molar-refractivity contribution in [2.45, 2.75) is 12.8 Å². The molecule has 13 heteroatoms. The Morgan fingerprint density at radius 3 is 2.59 bits per heavy atom. The first-order valence-corrected chi connectivity index (χ1v) is 12.9. The molecule has 0 unspecified atom stereocenters. The van der Waals surface area contributed by atoms with Crippen LogP contribution < -0.4 is 15.4 Å². The van der Waals surface area contributed by atoms with Crippen molar-refractivity contribution in [2.24, 2.45) is 0 Å². The number of fused-ring (bicyclic) bond motifs is 1. The zero-order valence-corrected chi connectivity index (χ0v) is 20.7. The molecule has 11 nitrogen and oxygen atoms in total. The molecule has 1 aromatic carbocycles. The fourth-order valence-electron chi connectivity index (χ4n) is 4.15. The molecule has 3 N–H and O–H groups in total. The van der Waals surface area contributed by atoms with Gasteiger partial charge in [-0.15, -0.1) is 0 Å². The van der Waals surface area contributed by atoms with Crippen LogP contribution in [0.15, 0.2) is 42.7 Å². The van der Waals surface area contributed by atoms with Crippen LogP contribution in [0.2, 0.25) is 0 Å². The molecule has 4 heterocycles. The number of thiol groups is 1. The Kier molecular flexibility index (Phi) is 7.44. The van der Waals surface area contributed by atoms with Gasteiger partial charge >= 0.3 is 0 Å². The number of anilines is 2. The molecule has 5 rings (SSSR count). The van der Waals surface area contributed by atoms with Gasteiger partial charge in [-0.1, -0.05) is 12.1 Å². The Balaban J connectivity index is 1.55. The van der Waals surface area contributed by atoms with Gasteiger partial charge in [0, 0.05) is 37.6 Å². The van der Waals surface area contributed by atoms with Gasteiger partial charge in [-0.2, -0.15) is 0 Å². The van der Waals surface area contributed by atoms with E-state index in [-0.39, 0.29) is 18.3 Å². The predicted octanol–water partition coefficient (Wildman–Crippen LogP) is 1.76. The minimum atomic E-state index is -2.67. The highest BCUT2D eigenvalue weighted by molar-refractivity contribution is 7.70. The maximum absolute atomic E-state index is 15.5. The highest BCUT2D eigenvalue weighted by Crippen LogP contribution is 2.31. The van der Waals surface area contributed by atoms with Crippen LogP contribution >= 0.6 is 0 Å². The van der Waals surface area contributed by atoms with Crippen LogP contribution in [0.3, 0.4) is 0 Å². The summed E-state index contributed by atoms with van der Waals surface area (Å²) < 4.78 is 44.7. The molecule has 37 heavy (non-hydrogen) atoms. The predicted molar refractivity (Wildman–Crippen MR) is 138 cm³/mol. The van der Waals surface area contributed by atoms with E-state index in [0.717, 1.165) is 0 Å². The standard InChI is InChI=1S/C24H25FN8O3S/c25-20-15(4-2-8-29-37(34)35)3-1-5-17(20)18-6-7-19-21(30-18)23(33-9-11-36-12-10-33)32-22(31-19)16-13-27-24(26)28-14-16/h1,3,5-7,13-14,37H,2,4,8-12H2,(H2,26,27,28)(H,29,34,35). The van der Waals surface area contributed by atoms with Crippen molar-refractivity contribution in [3.63, 3.8) is 0 Å². The Bertz CT molecular complexity index is 1490. The summed E-state index contributed by atoms with van der Waals surface area (Å²) in [5.41, 5.74) is 8.69. The van der Waals surface area contributed by atoms with Crippen LogP contribution in [0, 0.1) is 5.82 Å². The zero-order valence-electron chi connectivity index (χ0n) is 19.8. The summed E-state index contributed by atoms with van der Waals surface area (Å²) in [5, 5.41) is 0. The molecule has 0 radical (unpaired) electrons. The molecule has 1 fully saturated rings. The molecule has 4 aromatic rings. The number of hydrogen-bond acceptors (Lipinski definition) is 10. The van der Waals surface area contributed by atoms with Gasteiger partial charge < -0.3 is 15.4 Å². The van der Waals surface area contributed by atoms with E-state index in [1.165, 1.54) is 0 Å². The lowest BCUT2D eigenvalue weighted by molar-refractivity contribution is 0.122. The van der Waals surface area contributed by atoms with Crippen molar-refractivity contribution in [3.8, 4) is 22.6 Å². The number of aromatic nitrogens is 5. The van der Waals surface area contributed by atoms with Crippen molar-refractivity contribution in [1.29, 1.82) is 0 Å². The van der Waals surface area contributed by atoms with Gasteiger partial charge in [0.15, 0.2) is 11.6 Å². The van der Waals surface area contributed by atoms with Gasteiger partial charge in [-0.05, 0) is 36.6 Å². The molecule has 0 amide bonds. The number of ether oxygens (including phenoxy) is 1. The fraction of sp³-hybridized carbons (Fsp3) is 0.292. The Hall–Kier alpha value is -3.81. The molecule has 0 bridgehead atoms. The Morgan fingerprint density at radius 2 is 1.84 bits per heavy atom. The first-order chi connectivity index (χ1) is 18.0. The summed E-state index contributed by atoms with van der Waals surface area (Å²) in [7, 11) is -2.67. The fourth-order valence-corrected chi connectivity index (χ4v) is 4.49. The Morgan fingerprint density at radius 1 is 1.05 bits per heavy atom. The molecule has 1 saturated heterocycles. The lowest BCUT2D eigenvalue weighted by atomic mass is 10.0. The van der Waals surface area contributed by atoms with Crippen molar-refractivity contribution in [2.75, 3.05) is 43.5 Å². The summed E-state index contributed by atoms with van der Waals surface area (Å²) in [5.74, 6) is 0.831. The molecule has 0 spiro atoms. The highest BCUT2D eigenvalue weighted by Gasteiger charge is 2.21. The topological polar surface area (TPSA) is 149 Å². The quantitative estimate of drug-likeness (QED) is 0.230. The van der Waals surface area contributed by atoms with Crippen LogP contribution in [0.25, 0.3) is 33.7 Å². The number of hydrogen-bond donors (Lipinski definition) is 3. The summed E-state index contributed by atoms with van der Waals surface area (Å²) in [6.07, 6.45) is 4.00. The van der Waals surface area contributed by atoms with E-state index in [9.17, 15) is 8.42 Å². The minimum Gasteiger partial charge on any atom is -0.378 e. The van der Waals surface area contributed by atoms with Gasteiger partial charge in [0.05, 0.1) is 30.0 Å². The van der Waals surface area contributed by atoms with Crippen LogP contribution in [0.5, 0.6) is 0 Å². The van der Waals surface area contributed by atoms with E-state index in [1.54, 1.807) is 42.7 Å². The number of morpholine rings is 1. The smallest absolute Gasteiger partial charge is 0.219 e. The first kappa shape index (κ1) is 24.9.